The van der Waals surface area contributed by atoms with Crippen LogP contribution in [0.15, 0.2) is 24.5 Å². The minimum atomic E-state index is 0.676. The molecule has 3 nitrogen and oxygen atoms in total. The van der Waals surface area contributed by atoms with Crippen molar-refractivity contribution in [2.75, 3.05) is 26.7 Å². The highest BCUT2D eigenvalue weighted by Gasteiger charge is 2.04. The third kappa shape index (κ3) is 5.80. The molecular formula is C14H25N3. The minimum absolute atomic E-state index is 0.676. The molecule has 0 radical (unpaired) electrons. The van der Waals surface area contributed by atoms with Gasteiger partial charge in [-0.15, -0.1) is 0 Å². The van der Waals surface area contributed by atoms with Crippen LogP contribution in [0.3, 0.4) is 0 Å². The Labute approximate surface area is 105 Å². The molecule has 1 aromatic rings. The maximum absolute atomic E-state index is 4.11. The van der Waals surface area contributed by atoms with E-state index in [1.54, 1.807) is 0 Å². The Morgan fingerprint density at radius 2 is 2.24 bits per heavy atom. The van der Waals surface area contributed by atoms with Gasteiger partial charge in [-0.05, 0) is 45.0 Å². The van der Waals surface area contributed by atoms with E-state index in [1.807, 2.05) is 18.5 Å². The van der Waals surface area contributed by atoms with Crippen LogP contribution in [0.5, 0.6) is 0 Å². The normalized spacial score (nSPS) is 12.9. The lowest BCUT2D eigenvalue weighted by molar-refractivity contribution is 0.252. The molecule has 96 valence electrons. The Morgan fingerprint density at radius 1 is 1.41 bits per heavy atom. The fourth-order valence-electron chi connectivity index (χ4n) is 1.69. The molecule has 0 spiro atoms. The number of rotatable bonds is 8. The summed E-state index contributed by atoms with van der Waals surface area (Å²) in [6.07, 6.45) is 6.03. The van der Waals surface area contributed by atoms with Gasteiger partial charge in [0.2, 0.25) is 0 Å². The van der Waals surface area contributed by atoms with Crippen molar-refractivity contribution in [1.29, 1.82) is 0 Å². The van der Waals surface area contributed by atoms with Crippen molar-refractivity contribution in [3.63, 3.8) is 0 Å². The number of hydrogen-bond donors (Lipinski definition) is 1. The maximum Gasteiger partial charge on any atom is 0.0300 e. The van der Waals surface area contributed by atoms with Crippen molar-refractivity contribution in [2.45, 2.75) is 32.7 Å². The molecule has 0 amide bonds. The molecular weight excluding hydrogens is 210 g/mol. The summed E-state index contributed by atoms with van der Waals surface area (Å²) >= 11 is 0. The molecule has 0 aliphatic rings. The minimum Gasteiger partial charge on any atom is -0.315 e. The monoisotopic (exact) mass is 235 g/mol. The summed E-state index contributed by atoms with van der Waals surface area (Å²) in [5.74, 6) is 0. The zero-order valence-electron chi connectivity index (χ0n) is 11.3. The number of nitrogens with one attached hydrogen (secondary N) is 1. The van der Waals surface area contributed by atoms with E-state index in [0.29, 0.717) is 6.04 Å². The van der Waals surface area contributed by atoms with Gasteiger partial charge in [0.25, 0.3) is 0 Å². The summed E-state index contributed by atoms with van der Waals surface area (Å²) in [7, 11) is 2.19. The van der Waals surface area contributed by atoms with Gasteiger partial charge >= 0.3 is 0 Å². The lowest BCUT2D eigenvalue weighted by Crippen LogP contribution is -2.35. The molecule has 0 aliphatic carbocycles. The number of nitrogens with zero attached hydrogens (tertiary/aromatic N) is 2. The number of pyridine rings is 1. The first-order chi connectivity index (χ1) is 8.24. The van der Waals surface area contributed by atoms with Gasteiger partial charge in [0.15, 0.2) is 0 Å². The molecule has 1 rings (SSSR count). The molecule has 1 heterocycles. The van der Waals surface area contributed by atoms with Crippen LogP contribution in [0, 0.1) is 0 Å². The second-order valence-corrected chi connectivity index (χ2v) is 4.60. The van der Waals surface area contributed by atoms with Crippen molar-refractivity contribution in [3.05, 3.63) is 30.1 Å². The van der Waals surface area contributed by atoms with Crippen LogP contribution in [0.4, 0.5) is 0 Å². The van der Waals surface area contributed by atoms with Crippen molar-refractivity contribution < 1.29 is 0 Å². The summed E-state index contributed by atoms with van der Waals surface area (Å²) in [6.45, 7) is 7.70. The average molecular weight is 235 g/mol. The maximum atomic E-state index is 4.11. The first-order valence-electron chi connectivity index (χ1n) is 6.54. The van der Waals surface area contributed by atoms with Crippen molar-refractivity contribution >= 4 is 0 Å². The smallest absolute Gasteiger partial charge is 0.0300 e. The highest BCUT2D eigenvalue weighted by molar-refractivity contribution is 5.08. The fraction of sp³-hybridized carbons (Fsp3) is 0.643. The summed E-state index contributed by atoms with van der Waals surface area (Å²) in [4.78, 5) is 6.51. The number of hydrogen-bond acceptors (Lipinski definition) is 3. The molecule has 0 saturated heterocycles. The van der Waals surface area contributed by atoms with Gasteiger partial charge < -0.3 is 10.2 Å². The molecule has 0 aliphatic heterocycles. The van der Waals surface area contributed by atoms with E-state index in [2.05, 4.69) is 42.2 Å². The Kier molecular flexibility index (Phi) is 6.82. The Bertz CT molecular complexity index is 287. The predicted molar refractivity (Wildman–Crippen MR) is 73.2 cm³/mol. The van der Waals surface area contributed by atoms with E-state index in [0.717, 1.165) is 26.1 Å². The molecule has 1 aromatic heterocycles. The zero-order valence-corrected chi connectivity index (χ0v) is 11.3. The highest BCUT2D eigenvalue weighted by Crippen LogP contribution is 1.98. The van der Waals surface area contributed by atoms with Crippen LogP contribution in [-0.4, -0.2) is 42.6 Å². The van der Waals surface area contributed by atoms with E-state index < -0.39 is 0 Å². The molecule has 17 heavy (non-hydrogen) atoms. The van der Waals surface area contributed by atoms with Crippen LogP contribution >= 0.6 is 0 Å². The zero-order chi connectivity index (χ0) is 12.5. The molecule has 0 bridgehead atoms. The molecule has 3 heteroatoms. The predicted octanol–water partition coefficient (Wildman–Crippen LogP) is 1.94. The second-order valence-electron chi connectivity index (χ2n) is 4.60. The summed E-state index contributed by atoms with van der Waals surface area (Å²) < 4.78 is 0. The van der Waals surface area contributed by atoms with Crippen molar-refractivity contribution in [3.8, 4) is 0 Å². The van der Waals surface area contributed by atoms with Crippen LogP contribution in [0.2, 0.25) is 0 Å². The van der Waals surface area contributed by atoms with Gasteiger partial charge in [-0.1, -0.05) is 13.0 Å². The van der Waals surface area contributed by atoms with Gasteiger partial charge in [0.1, 0.15) is 0 Å². The quantitative estimate of drug-likeness (QED) is 0.698. The van der Waals surface area contributed by atoms with Gasteiger partial charge in [-0.2, -0.15) is 0 Å². The molecule has 0 fully saturated rings. The lowest BCUT2D eigenvalue weighted by Gasteiger charge is -2.23. The molecule has 1 atom stereocenters. The topological polar surface area (TPSA) is 28.2 Å². The Hall–Kier alpha value is -0.930. The summed E-state index contributed by atoms with van der Waals surface area (Å²) in [6, 6.07) is 4.79. The first kappa shape index (κ1) is 14.1. The van der Waals surface area contributed by atoms with E-state index in [9.17, 15) is 0 Å². The number of likely N-dealkylation sites (N-methyl/N-ethyl adjacent to an activating group) is 1. The van der Waals surface area contributed by atoms with Crippen molar-refractivity contribution in [2.24, 2.45) is 0 Å². The van der Waals surface area contributed by atoms with Crippen LogP contribution < -0.4 is 5.32 Å². The van der Waals surface area contributed by atoms with Gasteiger partial charge in [0.05, 0.1) is 0 Å². The van der Waals surface area contributed by atoms with Crippen LogP contribution in [0.1, 0.15) is 25.8 Å². The molecule has 0 saturated carbocycles. The molecule has 1 unspecified atom stereocenters. The highest BCUT2D eigenvalue weighted by atomic mass is 15.1. The van der Waals surface area contributed by atoms with Crippen molar-refractivity contribution in [1.82, 2.24) is 15.2 Å². The molecule has 0 aromatic carbocycles. The Morgan fingerprint density at radius 3 is 2.88 bits per heavy atom. The van der Waals surface area contributed by atoms with E-state index in [-0.39, 0.29) is 0 Å². The van der Waals surface area contributed by atoms with Gasteiger partial charge in [-0.25, -0.2) is 0 Å². The second kappa shape index (κ2) is 8.20. The Balaban J connectivity index is 2.05. The first-order valence-corrected chi connectivity index (χ1v) is 6.54. The van der Waals surface area contributed by atoms with Gasteiger partial charge in [-0.3, -0.25) is 4.98 Å². The van der Waals surface area contributed by atoms with Gasteiger partial charge in [0, 0.05) is 31.5 Å². The number of aromatic nitrogens is 1. The SMILES string of the molecule is CCC(C)N(C)CCNCCc1cccnc1. The largest absolute Gasteiger partial charge is 0.315 e. The molecule has 1 N–H and O–H groups in total. The average Bonchev–Trinajstić information content (AvgIpc) is 2.38. The van der Waals surface area contributed by atoms with E-state index >= 15 is 0 Å². The van der Waals surface area contributed by atoms with Crippen LogP contribution in [0.25, 0.3) is 0 Å². The summed E-state index contributed by atoms with van der Waals surface area (Å²) in [5, 5.41) is 3.47. The third-order valence-electron chi connectivity index (χ3n) is 3.30. The van der Waals surface area contributed by atoms with E-state index in [1.165, 1.54) is 12.0 Å². The van der Waals surface area contributed by atoms with E-state index in [4.69, 9.17) is 0 Å². The fourth-order valence-corrected chi connectivity index (χ4v) is 1.69. The van der Waals surface area contributed by atoms with Crippen LogP contribution in [-0.2, 0) is 6.42 Å². The third-order valence-corrected chi connectivity index (χ3v) is 3.30. The lowest BCUT2D eigenvalue weighted by atomic mass is 10.2. The summed E-state index contributed by atoms with van der Waals surface area (Å²) in [5.41, 5.74) is 1.30. The standard InChI is InChI=1S/C14H25N3/c1-4-13(2)17(3)11-10-15-9-7-14-6-5-8-16-12-14/h5-6,8,12-13,15H,4,7,9-11H2,1-3H3.